The van der Waals surface area contributed by atoms with Crippen LogP contribution in [0.1, 0.15) is 30.5 Å². The van der Waals surface area contributed by atoms with Gasteiger partial charge in [0.2, 0.25) is 5.91 Å². The van der Waals surface area contributed by atoms with Gasteiger partial charge in [0, 0.05) is 46.9 Å². The van der Waals surface area contributed by atoms with E-state index in [1.165, 1.54) is 14.0 Å². The number of methoxy groups -OCH3 is 1. The van der Waals surface area contributed by atoms with E-state index in [0.29, 0.717) is 39.9 Å². The molecule has 1 amide bonds. The van der Waals surface area contributed by atoms with Crippen LogP contribution in [-0.2, 0) is 20.9 Å². The van der Waals surface area contributed by atoms with E-state index < -0.39 is 18.1 Å². The van der Waals surface area contributed by atoms with Crippen LogP contribution in [0.15, 0.2) is 36.4 Å². The van der Waals surface area contributed by atoms with E-state index in [0.717, 1.165) is 5.56 Å². The molecule has 2 aromatic carbocycles. The summed E-state index contributed by atoms with van der Waals surface area (Å²) >= 11 is 12.6. The lowest BCUT2D eigenvalue weighted by molar-refractivity contribution is -0.142. The quantitative estimate of drug-likeness (QED) is 0.666. The van der Waals surface area contributed by atoms with Gasteiger partial charge >= 0.3 is 5.97 Å². The monoisotopic (exact) mass is 457 g/mol. The van der Waals surface area contributed by atoms with Crippen LogP contribution in [0, 0.1) is 0 Å². The van der Waals surface area contributed by atoms with Crippen LogP contribution in [0.25, 0.3) is 0 Å². The molecule has 156 valence electrons. The predicted molar refractivity (Wildman–Crippen MR) is 118 cm³/mol. The maximum atomic E-state index is 12.6. The van der Waals surface area contributed by atoms with Gasteiger partial charge in [-0.15, -0.1) is 12.4 Å². The van der Waals surface area contributed by atoms with E-state index in [1.54, 1.807) is 17.0 Å². The zero-order chi connectivity index (χ0) is 20.4. The maximum Gasteiger partial charge on any atom is 0.328 e. The van der Waals surface area contributed by atoms with Gasteiger partial charge < -0.3 is 20.7 Å². The Labute approximate surface area is 185 Å². The smallest absolute Gasteiger partial charge is 0.328 e. The molecule has 0 unspecified atom stereocenters. The molecule has 0 bridgehead atoms. The molecule has 1 aliphatic rings. The van der Waals surface area contributed by atoms with E-state index in [4.69, 9.17) is 33.7 Å². The molecule has 3 rings (SSSR count). The Balaban J connectivity index is 0.00000300. The van der Waals surface area contributed by atoms with Crippen molar-refractivity contribution >= 4 is 58.9 Å². The minimum Gasteiger partial charge on any atom is -0.467 e. The van der Waals surface area contributed by atoms with Crippen molar-refractivity contribution in [3.8, 4) is 0 Å². The summed E-state index contributed by atoms with van der Waals surface area (Å²) in [6.07, 6.45) is 0.305. The van der Waals surface area contributed by atoms with Gasteiger partial charge in [-0.3, -0.25) is 4.79 Å². The Morgan fingerprint density at radius 3 is 2.45 bits per heavy atom. The highest BCUT2D eigenvalue weighted by Gasteiger charge is 2.38. The number of hydrogen-bond acceptors (Lipinski definition) is 5. The van der Waals surface area contributed by atoms with E-state index >= 15 is 0 Å². The first-order valence-corrected chi connectivity index (χ1v) is 9.53. The molecule has 0 saturated carbocycles. The van der Waals surface area contributed by atoms with E-state index in [9.17, 15) is 9.59 Å². The normalized spacial score (nSPS) is 17.4. The molecular weight excluding hydrogens is 437 g/mol. The number of fused-ring (bicyclic) bond motifs is 1. The average Bonchev–Trinajstić information content (AvgIpc) is 2.66. The van der Waals surface area contributed by atoms with Crippen LogP contribution in [-0.4, -0.2) is 25.0 Å². The lowest BCUT2D eigenvalue weighted by atomic mass is 9.90. The second-order valence-corrected chi connectivity index (χ2v) is 7.42. The van der Waals surface area contributed by atoms with Gasteiger partial charge in [0.25, 0.3) is 0 Å². The van der Waals surface area contributed by atoms with E-state index in [1.807, 2.05) is 24.3 Å². The number of halogens is 3. The predicted octanol–water partition coefficient (Wildman–Crippen LogP) is 4.33. The van der Waals surface area contributed by atoms with Crippen LogP contribution >= 0.6 is 35.6 Å². The van der Waals surface area contributed by atoms with Crippen molar-refractivity contribution in [1.82, 2.24) is 0 Å². The van der Waals surface area contributed by atoms with Crippen LogP contribution in [0.4, 0.5) is 11.4 Å². The maximum absolute atomic E-state index is 12.6. The standard InChI is InChI=1S/C20H21Cl2N3O3.ClH/c1-11(26)25(14-5-3-12(10-23)4-6-14)18-9-17(20(27)28-2)24-16-8-13(21)7-15(22)19(16)18;/h3-8,17-18,24H,9-10,23H2,1-2H3;1H/t17-,18+;/m0./s1. The van der Waals surface area contributed by atoms with Crippen LogP contribution in [0.3, 0.4) is 0 Å². The summed E-state index contributed by atoms with van der Waals surface area (Å²) in [5.41, 5.74) is 8.64. The topological polar surface area (TPSA) is 84.7 Å². The lowest BCUT2D eigenvalue weighted by Gasteiger charge is -2.39. The summed E-state index contributed by atoms with van der Waals surface area (Å²) in [6.45, 7) is 1.89. The van der Waals surface area contributed by atoms with Gasteiger partial charge in [0.15, 0.2) is 0 Å². The number of nitrogens with one attached hydrogen (secondary N) is 1. The molecule has 0 spiro atoms. The van der Waals surface area contributed by atoms with Crippen molar-refractivity contribution in [2.75, 3.05) is 17.3 Å². The molecule has 2 aromatic rings. The molecule has 3 N–H and O–H groups in total. The number of esters is 1. The summed E-state index contributed by atoms with van der Waals surface area (Å²) in [5, 5.41) is 3.98. The van der Waals surface area contributed by atoms with Crippen molar-refractivity contribution in [3.63, 3.8) is 0 Å². The number of amides is 1. The number of nitrogens with zero attached hydrogens (tertiary/aromatic N) is 1. The van der Waals surface area contributed by atoms with Crippen LogP contribution < -0.4 is 16.0 Å². The van der Waals surface area contributed by atoms with Gasteiger partial charge in [-0.1, -0.05) is 35.3 Å². The van der Waals surface area contributed by atoms with Gasteiger partial charge in [-0.05, 0) is 29.8 Å². The van der Waals surface area contributed by atoms with Crippen molar-refractivity contribution in [2.45, 2.75) is 32.0 Å². The number of ether oxygens (including phenoxy) is 1. The third-order valence-electron chi connectivity index (χ3n) is 4.80. The minimum atomic E-state index is -0.637. The van der Waals surface area contributed by atoms with Crippen molar-refractivity contribution in [1.29, 1.82) is 0 Å². The SMILES string of the molecule is COC(=O)[C@@H]1C[C@@H](N(C(C)=O)c2ccc(CN)cc2)c2c(Cl)cc(Cl)cc2N1.Cl. The number of nitrogens with two attached hydrogens (primary N) is 1. The lowest BCUT2D eigenvalue weighted by Crippen LogP contribution is -2.43. The highest BCUT2D eigenvalue weighted by atomic mass is 35.5. The first kappa shape index (κ1) is 23.3. The molecule has 9 heteroatoms. The van der Waals surface area contributed by atoms with Crippen molar-refractivity contribution in [3.05, 3.63) is 57.6 Å². The first-order valence-electron chi connectivity index (χ1n) is 8.77. The zero-order valence-electron chi connectivity index (χ0n) is 15.9. The molecule has 0 saturated heterocycles. The number of hydrogen-bond donors (Lipinski definition) is 2. The Morgan fingerprint density at radius 2 is 1.90 bits per heavy atom. The molecule has 0 fully saturated rings. The Kier molecular flexibility index (Phi) is 7.77. The fourth-order valence-electron chi connectivity index (χ4n) is 3.54. The Bertz CT molecular complexity index is 906. The Hall–Kier alpha value is -1.99. The molecule has 0 aliphatic carbocycles. The summed E-state index contributed by atoms with van der Waals surface area (Å²) in [4.78, 5) is 26.5. The molecule has 1 aliphatic heterocycles. The zero-order valence-corrected chi connectivity index (χ0v) is 18.3. The summed E-state index contributed by atoms with van der Waals surface area (Å²) in [5.74, 6) is -0.596. The molecule has 0 radical (unpaired) electrons. The highest BCUT2D eigenvalue weighted by molar-refractivity contribution is 6.35. The molecule has 0 aromatic heterocycles. The van der Waals surface area contributed by atoms with Crippen LogP contribution in [0.5, 0.6) is 0 Å². The fourth-order valence-corrected chi connectivity index (χ4v) is 4.16. The van der Waals surface area contributed by atoms with Gasteiger partial charge in [-0.2, -0.15) is 0 Å². The number of carbonyl (C=O) groups is 2. The molecule has 29 heavy (non-hydrogen) atoms. The first-order chi connectivity index (χ1) is 13.3. The molecule has 6 nitrogen and oxygen atoms in total. The Morgan fingerprint density at radius 1 is 1.24 bits per heavy atom. The molecule has 2 atom stereocenters. The molecular formula is C20H22Cl3N3O3. The van der Waals surface area contributed by atoms with Crippen LogP contribution in [0.2, 0.25) is 10.0 Å². The number of anilines is 2. The second kappa shape index (κ2) is 9.67. The number of rotatable bonds is 4. The average molecular weight is 459 g/mol. The van der Waals surface area contributed by atoms with E-state index in [-0.39, 0.29) is 18.3 Å². The third kappa shape index (κ3) is 4.78. The second-order valence-electron chi connectivity index (χ2n) is 6.58. The number of carbonyl (C=O) groups excluding carboxylic acids is 2. The van der Waals surface area contributed by atoms with Crippen molar-refractivity contribution in [2.24, 2.45) is 5.73 Å². The largest absolute Gasteiger partial charge is 0.467 e. The summed E-state index contributed by atoms with van der Waals surface area (Å²) in [7, 11) is 1.33. The number of benzene rings is 2. The minimum absolute atomic E-state index is 0. The molecule has 1 heterocycles. The summed E-state index contributed by atoms with van der Waals surface area (Å²) in [6, 6.07) is 9.63. The third-order valence-corrected chi connectivity index (χ3v) is 5.33. The van der Waals surface area contributed by atoms with Gasteiger partial charge in [0.05, 0.1) is 13.2 Å². The highest BCUT2D eigenvalue weighted by Crippen LogP contribution is 2.44. The van der Waals surface area contributed by atoms with Gasteiger partial charge in [-0.25, -0.2) is 4.79 Å². The van der Waals surface area contributed by atoms with Crippen molar-refractivity contribution < 1.29 is 14.3 Å². The summed E-state index contributed by atoms with van der Waals surface area (Å²) < 4.78 is 4.90. The fraction of sp³-hybridized carbons (Fsp3) is 0.300. The van der Waals surface area contributed by atoms with E-state index in [2.05, 4.69) is 5.32 Å². The van der Waals surface area contributed by atoms with Gasteiger partial charge in [0.1, 0.15) is 6.04 Å².